The first-order chi connectivity index (χ1) is 8.02. The molecule has 1 unspecified atom stereocenters. The van der Waals surface area contributed by atoms with Crippen molar-refractivity contribution in [3.05, 3.63) is 40.6 Å². The molecule has 0 radical (unpaired) electrons. The second-order valence-corrected chi connectivity index (χ2v) is 5.05. The van der Waals surface area contributed by atoms with E-state index in [-0.39, 0.29) is 11.9 Å². The van der Waals surface area contributed by atoms with Gasteiger partial charge in [-0.15, -0.1) is 0 Å². The van der Waals surface area contributed by atoms with E-state index in [1.54, 1.807) is 6.07 Å². The molecule has 0 aliphatic carbocycles. The minimum absolute atomic E-state index is 0.0197. The lowest BCUT2D eigenvalue weighted by molar-refractivity contribution is 0.354. The third kappa shape index (κ3) is 4.88. The summed E-state index contributed by atoms with van der Waals surface area (Å²) in [5.41, 5.74) is 6.67. The molecule has 1 aromatic carbocycles. The van der Waals surface area contributed by atoms with Gasteiger partial charge in [-0.05, 0) is 36.6 Å². The standard InChI is InChI=1S/C13H17BrFNO/c1-3-12(16)7-10-6-11(15)4-5-13(10)17-8-9(2)14/h4-6,12H,2-3,7-8,16H2,1H3. The predicted octanol–water partition coefficient (Wildman–Crippen LogP) is 3.39. The SMILES string of the molecule is C=C(Br)COc1ccc(F)cc1CC(N)CC. The van der Waals surface area contributed by atoms with Crippen molar-refractivity contribution in [2.24, 2.45) is 5.73 Å². The number of halogens is 2. The van der Waals surface area contributed by atoms with E-state index in [9.17, 15) is 4.39 Å². The van der Waals surface area contributed by atoms with Gasteiger partial charge in [0.25, 0.3) is 0 Å². The third-order valence-electron chi connectivity index (χ3n) is 2.41. The molecule has 2 nitrogen and oxygen atoms in total. The van der Waals surface area contributed by atoms with Crippen LogP contribution in [0.5, 0.6) is 5.75 Å². The Hall–Kier alpha value is -0.870. The molecule has 0 saturated carbocycles. The van der Waals surface area contributed by atoms with Gasteiger partial charge in [0.2, 0.25) is 0 Å². The van der Waals surface area contributed by atoms with Crippen LogP contribution in [0.4, 0.5) is 4.39 Å². The molecule has 17 heavy (non-hydrogen) atoms. The van der Waals surface area contributed by atoms with Crippen molar-refractivity contribution in [1.29, 1.82) is 0 Å². The summed E-state index contributed by atoms with van der Waals surface area (Å²) in [6.45, 7) is 6.05. The van der Waals surface area contributed by atoms with Gasteiger partial charge >= 0.3 is 0 Å². The minimum atomic E-state index is -0.270. The van der Waals surface area contributed by atoms with Crippen molar-refractivity contribution >= 4 is 15.9 Å². The fourth-order valence-electron chi connectivity index (χ4n) is 1.43. The molecule has 0 heterocycles. The van der Waals surface area contributed by atoms with Crippen LogP contribution in [0.15, 0.2) is 29.3 Å². The molecule has 0 aliphatic heterocycles. The highest BCUT2D eigenvalue weighted by molar-refractivity contribution is 9.11. The largest absolute Gasteiger partial charge is 0.488 e. The number of rotatable bonds is 6. The monoisotopic (exact) mass is 301 g/mol. The maximum Gasteiger partial charge on any atom is 0.123 e. The Bertz CT molecular complexity index is 395. The van der Waals surface area contributed by atoms with E-state index in [0.29, 0.717) is 18.8 Å². The van der Waals surface area contributed by atoms with Crippen molar-refractivity contribution in [2.75, 3.05) is 6.61 Å². The Morgan fingerprint density at radius 3 is 2.88 bits per heavy atom. The van der Waals surface area contributed by atoms with Crippen LogP contribution in [-0.4, -0.2) is 12.6 Å². The van der Waals surface area contributed by atoms with Gasteiger partial charge < -0.3 is 10.5 Å². The average molecular weight is 302 g/mol. The quantitative estimate of drug-likeness (QED) is 0.874. The van der Waals surface area contributed by atoms with Crippen molar-refractivity contribution in [3.63, 3.8) is 0 Å². The normalized spacial score (nSPS) is 12.2. The molecule has 0 spiro atoms. The van der Waals surface area contributed by atoms with Gasteiger partial charge in [0.15, 0.2) is 0 Å². The summed E-state index contributed by atoms with van der Waals surface area (Å²) < 4.78 is 19.5. The van der Waals surface area contributed by atoms with Crippen molar-refractivity contribution in [1.82, 2.24) is 0 Å². The molecule has 0 saturated heterocycles. The Morgan fingerprint density at radius 2 is 2.29 bits per heavy atom. The summed E-state index contributed by atoms with van der Waals surface area (Å²) in [4.78, 5) is 0. The van der Waals surface area contributed by atoms with Crippen LogP contribution in [0, 0.1) is 5.82 Å². The molecule has 4 heteroatoms. The Balaban J connectivity index is 2.83. The zero-order valence-electron chi connectivity index (χ0n) is 9.88. The molecule has 0 fully saturated rings. The smallest absolute Gasteiger partial charge is 0.123 e. The van der Waals surface area contributed by atoms with E-state index in [1.165, 1.54) is 12.1 Å². The summed E-state index contributed by atoms with van der Waals surface area (Å²) in [6, 6.07) is 4.50. The number of hydrogen-bond acceptors (Lipinski definition) is 2. The second kappa shape index (κ2) is 6.77. The first-order valence-electron chi connectivity index (χ1n) is 5.53. The maximum absolute atomic E-state index is 13.2. The first kappa shape index (κ1) is 14.2. The van der Waals surface area contributed by atoms with Crippen LogP contribution in [0.25, 0.3) is 0 Å². The number of benzene rings is 1. The lowest BCUT2D eigenvalue weighted by Gasteiger charge is -2.14. The van der Waals surface area contributed by atoms with Crippen molar-refractivity contribution < 1.29 is 9.13 Å². The Morgan fingerprint density at radius 1 is 1.59 bits per heavy atom. The molecule has 1 atom stereocenters. The maximum atomic E-state index is 13.2. The molecule has 0 aromatic heterocycles. The number of ether oxygens (including phenoxy) is 1. The van der Waals surface area contributed by atoms with Gasteiger partial charge in [-0.3, -0.25) is 0 Å². The molecular formula is C13H17BrFNO. The molecule has 0 amide bonds. The van der Waals surface area contributed by atoms with Gasteiger partial charge in [0.05, 0.1) is 0 Å². The summed E-state index contributed by atoms with van der Waals surface area (Å²) in [6.07, 6.45) is 1.46. The highest BCUT2D eigenvalue weighted by Gasteiger charge is 2.09. The second-order valence-electron chi connectivity index (χ2n) is 3.93. The van der Waals surface area contributed by atoms with Gasteiger partial charge in [0, 0.05) is 10.5 Å². The van der Waals surface area contributed by atoms with E-state index < -0.39 is 0 Å². The van der Waals surface area contributed by atoms with Gasteiger partial charge in [0.1, 0.15) is 18.2 Å². The van der Waals surface area contributed by atoms with E-state index in [0.717, 1.165) is 16.5 Å². The molecular weight excluding hydrogens is 285 g/mol. The fraction of sp³-hybridized carbons (Fsp3) is 0.385. The summed E-state index contributed by atoms with van der Waals surface area (Å²) in [5, 5.41) is 0. The topological polar surface area (TPSA) is 35.2 Å². The average Bonchev–Trinajstić information content (AvgIpc) is 2.27. The van der Waals surface area contributed by atoms with Gasteiger partial charge in [-0.2, -0.15) is 0 Å². The summed E-state index contributed by atoms with van der Waals surface area (Å²) in [7, 11) is 0. The zero-order valence-corrected chi connectivity index (χ0v) is 11.5. The van der Waals surface area contributed by atoms with E-state index in [4.69, 9.17) is 10.5 Å². The highest BCUT2D eigenvalue weighted by Crippen LogP contribution is 2.22. The van der Waals surface area contributed by atoms with E-state index >= 15 is 0 Å². The van der Waals surface area contributed by atoms with Crippen LogP contribution >= 0.6 is 15.9 Å². The molecule has 0 aliphatic rings. The molecule has 1 aromatic rings. The lowest BCUT2D eigenvalue weighted by atomic mass is 10.0. The molecule has 0 bridgehead atoms. The van der Waals surface area contributed by atoms with Crippen LogP contribution in [0.1, 0.15) is 18.9 Å². The third-order valence-corrected chi connectivity index (χ3v) is 2.64. The van der Waals surface area contributed by atoms with Crippen molar-refractivity contribution in [2.45, 2.75) is 25.8 Å². The highest BCUT2D eigenvalue weighted by atomic mass is 79.9. The molecule has 2 N–H and O–H groups in total. The summed E-state index contributed by atoms with van der Waals surface area (Å²) in [5.74, 6) is 0.393. The van der Waals surface area contributed by atoms with E-state index in [1.807, 2.05) is 6.92 Å². The van der Waals surface area contributed by atoms with Crippen LogP contribution in [0.2, 0.25) is 0 Å². The first-order valence-corrected chi connectivity index (χ1v) is 6.32. The predicted molar refractivity (Wildman–Crippen MR) is 71.9 cm³/mol. The fourth-order valence-corrected chi connectivity index (χ4v) is 1.55. The summed E-state index contributed by atoms with van der Waals surface area (Å²) >= 11 is 3.22. The molecule has 94 valence electrons. The van der Waals surface area contributed by atoms with Crippen molar-refractivity contribution in [3.8, 4) is 5.75 Å². The number of hydrogen-bond donors (Lipinski definition) is 1. The Labute approximate surface area is 110 Å². The molecule has 1 rings (SSSR count). The minimum Gasteiger partial charge on any atom is -0.488 e. The number of nitrogens with two attached hydrogens (primary N) is 1. The Kier molecular flexibility index (Phi) is 5.65. The lowest BCUT2D eigenvalue weighted by Crippen LogP contribution is -2.21. The van der Waals surface area contributed by atoms with Crippen LogP contribution < -0.4 is 10.5 Å². The van der Waals surface area contributed by atoms with Crippen LogP contribution in [-0.2, 0) is 6.42 Å². The van der Waals surface area contributed by atoms with Gasteiger partial charge in [-0.1, -0.05) is 29.4 Å². The van der Waals surface area contributed by atoms with E-state index in [2.05, 4.69) is 22.5 Å². The van der Waals surface area contributed by atoms with Crippen LogP contribution in [0.3, 0.4) is 0 Å². The van der Waals surface area contributed by atoms with Gasteiger partial charge in [-0.25, -0.2) is 4.39 Å². The zero-order chi connectivity index (χ0) is 12.8.